The zero-order valence-corrected chi connectivity index (χ0v) is 10.1. The summed E-state index contributed by atoms with van der Waals surface area (Å²) in [6, 6.07) is 1.96. The van der Waals surface area contributed by atoms with E-state index >= 15 is 0 Å². The van der Waals surface area contributed by atoms with E-state index in [9.17, 15) is 4.79 Å². The van der Waals surface area contributed by atoms with E-state index in [1.54, 1.807) is 0 Å². The Morgan fingerprint density at radius 3 is 3.00 bits per heavy atom. The van der Waals surface area contributed by atoms with Crippen LogP contribution in [0.5, 0.6) is 0 Å². The molecule has 1 aromatic heterocycles. The van der Waals surface area contributed by atoms with Gasteiger partial charge in [0.25, 0.3) is 0 Å². The number of aromatic nitrogens is 2. The van der Waals surface area contributed by atoms with E-state index < -0.39 is 0 Å². The molecule has 2 fully saturated rings. The number of amides is 1. The average molecular weight is 234 g/mol. The molecular weight excluding hydrogens is 216 g/mol. The summed E-state index contributed by atoms with van der Waals surface area (Å²) in [6.45, 7) is 0.798. The molecule has 1 aliphatic carbocycles. The topological polar surface area (TPSA) is 59.0 Å². The van der Waals surface area contributed by atoms with Crippen molar-refractivity contribution in [3.63, 3.8) is 0 Å². The van der Waals surface area contributed by atoms with Gasteiger partial charge in [-0.15, -0.1) is 0 Å². The van der Waals surface area contributed by atoms with Gasteiger partial charge in [-0.25, -0.2) is 0 Å². The Morgan fingerprint density at radius 1 is 1.47 bits per heavy atom. The lowest BCUT2D eigenvalue weighted by molar-refractivity contribution is -0.123. The predicted molar refractivity (Wildman–Crippen MR) is 64.8 cm³/mol. The summed E-state index contributed by atoms with van der Waals surface area (Å²) in [5.74, 6) is 1.61. The molecule has 2 aliphatic rings. The van der Waals surface area contributed by atoms with Gasteiger partial charge in [0, 0.05) is 31.3 Å². The zero-order valence-electron chi connectivity index (χ0n) is 10.1. The first-order chi connectivity index (χ1) is 8.24. The van der Waals surface area contributed by atoms with Crippen LogP contribution in [0.15, 0.2) is 6.07 Å². The highest BCUT2D eigenvalue weighted by atomic mass is 16.2. The number of hydrogen-bond acceptors (Lipinski definition) is 3. The van der Waals surface area contributed by atoms with Gasteiger partial charge in [0.1, 0.15) is 11.9 Å². The summed E-state index contributed by atoms with van der Waals surface area (Å²) in [5.41, 5.74) is 1.28. The summed E-state index contributed by atoms with van der Waals surface area (Å²) in [4.78, 5) is 11.6. The van der Waals surface area contributed by atoms with Gasteiger partial charge in [0.15, 0.2) is 0 Å². The zero-order chi connectivity index (χ0) is 11.8. The molecule has 1 amide bonds. The van der Waals surface area contributed by atoms with Crippen LogP contribution in [0, 0.1) is 0 Å². The number of piperidine rings is 1. The van der Waals surface area contributed by atoms with Crippen LogP contribution in [-0.4, -0.2) is 28.3 Å². The highest BCUT2D eigenvalue weighted by molar-refractivity contribution is 5.84. The van der Waals surface area contributed by atoms with Crippen molar-refractivity contribution in [3.05, 3.63) is 11.8 Å². The van der Waals surface area contributed by atoms with Crippen molar-refractivity contribution in [3.8, 4) is 0 Å². The van der Waals surface area contributed by atoms with Crippen molar-refractivity contribution in [2.75, 3.05) is 11.9 Å². The van der Waals surface area contributed by atoms with Crippen molar-refractivity contribution in [1.29, 1.82) is 0 Å². The van der Waals surface area contributed by atoms with Crippen LogP contribution in [0.25, 0.3) is 0 Å². The largest absolute Gasteiger partial charge is 0.357 e. The molecule has 1 aliphatic heterocycles. The maximum atomic E-state index is 11.6. The molecule has 92 valence electrons. The monoisotopic (exact) mass is 234 g/mol. The Hall–Kier alpha value is -1.52. The van der Waals surface area contributed by atoms with Gasteiger partial charge in [-0.3, -0.25) is 9.48 Å². The van der Waals surface area contributed by atoms with Gasteiger partial charge < -0.3 is 10.6 Å². The van der Waals surface area contributed by atoms with Gasteiger partial charge >= 0.3 is 0 Å². The molecule has 0 aromatic carbocycles. The van der Waals surface area contributed by atoms with Crippen LogP contribution >= 0.6 is 0 Å². The van der Waals surface area contributed by atoms with Crippen LogP contribution < -0.4 is 10.6 Å². The predicted octanol–water partition coefficient (Wildman–Crippen LogP) is 0.988. The number of carbonyl (C=O) groups excluding carboxylic acids is 1. The van der Waals surface area contributed by atoms with E-state index in [0.717, 1.165) is 25.2 Å². The van der Waals surface area contributed by atoms with Gasteiger partial charge in [-0.2, -0.15) is 5.10 Å². The Bertz CT molecular complexity index is 436. The maximum Gasteiger partial charge on any atom is 0.242 e. The lowest BCUT2D eigenvalue weighted by Crippen LogP contribution is -2.44. The minimum atomic E-state index is -0.120. The summed E-state index contributed by atoms with van der Waals surface area (Å²) in [6.07, 6.45) is 4.46. The third kappa shape index (κ3) is 2.14. The van der Waals surface area contributed by atoms with Gasteiger partial charge in [0.05, 0.1) is 0 Å². The highest BCUT2D eigenvalue weighted by Gasteiger charge is 2.28. The van der Waals surface area contributed by atoms with Crippen molar-refractivity contribution in [2.24, 2.45) is 7.05 Å². The number of hydrogen-bond donors (Lipinski definition) is 2. The molecule has 1 saturated carbocycles. The van der Waals surface area contributed by atoms with Gasteiger partial charge in [0.2, 0.25) is 5.91 Å². The smallest absolute Gasteiger partial charge is 0.242 e. The van der Waals surface area contributed by atoms with Gasteiger partial charge in [-0.05, 0) is 25.7 Å². The second kappa shape index (κ2) is 4.05. The summed E-state index contributed by atoms with van der Waals surface area (Å²) < 4.78 is 1.93. The van der Waals surface area contributed by atoms with Crippen molar-refractivity contribution in [1.82, 2.24) is 15.1 Å². The molecule has 2 heterocycles. The number of anilines is 1. The van der Waals surface area contributed by atoms with Crippen molar-refractivity contribution < 1.29 is 4.79 Å². The first-order valence-electron chi connectivity index (χ1n) is 6.32. The molecule has 2 N–H and O–H groups in total. The van der Waals surface area contributed by atoms with Crippen LogP contribution in [0.2, 0.25) is 0 Å². The lowest BCUT2D eigenvalue weighted by Gasteiger charge is -2.22. The standard InChI is InChI=1S/C12H18N4O/c1-16-10(8-4-5-8)7-11(15-16)14-9-3-2-6-13-12(9)17/h7-9H,2-6H2,1H3,(H,13,17)(H,14,15). The normalized spacial score (nSPS) is 24.5. The summed E-state index contributed by atoms with van der Waals surface area (Å²) >= 11 is 0. The van der Waals surface area contributed by atoms with E-state index in [2.05, 4.69) is 21.8 Å². The quantitative estimate of drug-likeness (QED) is 0.820. The number of rotatable bonds is 3. The van der Waals surface area contributed by atoms with Crippen LogP contribution in [0.4, 0.5) is 5.82 Å². The molecule has 1 saturated heterocycles. The fraction of sp³-hybridized carbons (Fsp3) is 0.667. The SMILES string of the molecule is Cn1nc(NC2CCCNC2=O)cc1C1CC1. The maximum absolute atomic E-state index is 11.6. The summed E-state index contributed by atoms with van der Waals surface area (Å²) in [5, 5.41) is 10.5. The molecular formula is C12H18N4O. The number of aryl methyl sites for hydroxylation is 1. The van der Waals surface area contributed by atoms with Crippen molar-refractivity contribution in [2.45, 2.75) is 37.6 Å². The lowest BCUT2D eigenvalue weighted by atomic mass is 10.1. The van der Waals surface area contributed by atoms with E-state index in [4.69, 9.17) is 0 Å². The second-order valence-corrected chi connectivity index (χ2v) is 4.98. The second-order valence-electron chi connectivity index (χ2n) is 4.98. The molecule has 0 bridgehead atoms. The van der Waals surface area contributed by atoms with E-state index in [1.807, 2.05) is 11.7 Å². The first-order valence-corrected chi connectivity index (χ1v) is 6.32. The number of carbonyl (C=O) groups is 1. The van der Waals surface area contributed by atoms with Crippen LogP contribution in [0.1, 0.15) is 37.3 Å². The Morgan fingerprint density at radius 2 is 2.29 bits per heavy atom. The fourth-order valence-electron chi connectivity index (χ4n) is 2.40. The molecule has 5 nitrogen and oxygen atoms in total. The minimum Gasteiger partial charge on any atom is -0.357 e. The molecule has 1 aromatic rings. The molecule has 0 radical (unpaired) electrons. The third-order valence-corrected chi connectivity index (χ3v) is 3.52. The highest BCUT2D eigenvalue weighted by Crippen LogP contribution is 2.40. The Balaban J connectivity index is 1.71. The molecule has 17 heavy (non-hydrogen) atoms. The molecule has 5 heteroatoms. The number of nitrogens with zero attached hydrogens (tertiary/aromatic N) is 2. The molecule has 1 atom stereocenters. The van der Waals surface area contributed by atoms with E-state index in [1.165, 1.54) is 18.5 Å². The Kier molecular flexibility index (Phi) is 2.53. The first kappa shape index (κ1) is 10.6. The molecule has 0 spiro atoms. The minimum absolute atomic E-state index is 0.0925. The fourth-order valence-corrected chi connectivity index (χ4v) is 2.40. The molecule has 1 unspecified atom stereocenters. The summed E-state index contributed by atoms with van der Waals surface area (Å²) in [7, 11) is 1.97. The van der Waals surface area contributed by atoms with E-state index in [-0.39, 0.29) is 11.9 Å². The van der Waals surface area contributed by atoms with Gasteiger partial charge in [-0.1, -0.05) is 0 Å². The van der Waals surface area contributed by atoms with Crippen LogP contribution in [-0.2, 0) is 11.8 Å². The third-order valence-electron chi connectivity index (χ3n) is 3.52. The van der Waals surface area contributed by atoms with E-state index in [0.29, 0.717) is 5.92 Å². The molecule has 3 rings (SSSR count). The average Bonchev–Trinajstić information content (AvgIpc) is 3.07. The van der Waals surface area contributed by atoms with Crippen LogP contribution in [0.3, 0.4) is 0 Å². The van der Waals surface area contributed by atoms with Crippen molar-refractivity contribution >= 4 is 11.7 Å². The Labute approximate surface area is 101 Å². The number of nitrogens with one attached hydrogen (secondary N) is 2.